The highest BCUT2D eigenvalue weighted by atomic mass is 32.2. The van der Waals surface area contributed by atoms with Gasteiger partial charge in [0.1, 0.15) is 5.78 Å². The van der Waals surface area contributed by atoms with E-state index in [1.165, 1.54) is 0 Å². The van der Waals surface area contributed by atoms with E-state index in [2.05, 4.69) is 0 Å². The van der Waals surface area contributed by atoms with Gasteiger partial charge in [0.25, 0.3) is 0 Å². The van der Waals surface area contributed by atoms with Crippen molar-refractivity contribution in [1.29, 1.82) is 0 Å². The largest absolute Gasteiger partial charge is 0.342 e. The maximum Gasteiger partial charge on any atom is 0.222 e. The van der Waals surface area contributed by atoms with Gasteiger partial charge in [-0.15, -0.1) is 0 Å². The summed E-state index contributed by atoms with van der Waals surface area (Å²) in [5.74, 6) is -0.275. The third-order valence-electron chi connectivity index (χ3n) is 4.27. The maximum atomic E-state index is 12.4. The van der Waals surface area contributed by atoms with Crippen molar-refractivity contribution in [3.05, 3.63) is 35.9 Å². The summed E-state index contributed by atoms with van der Waals surface area (Å²) in [6.07, 6.45) is 2.35. The average Bonchev–Trinajstić information content (AvgIpc) is 2.54. The Balaban J connectivity index is 1.84. The highest BCUT2D eigenvalue weighted by Crippen LogP contribution is 2.20. The quantitative estimate of drug-likeness (QED) is 0.795. The Morgan fingerprint density at radius 2 is 1.92 bits per heavy atom. The van der Waals surface area contributed by atoms with Crippen LogP contribution in [0.3, 0.4) is 0 Å². The van der Waals surface area contributed by atoms with Gasteiger partial charge in [-0.05, 0) is 24.8 Å². The van der Waals surface area contributed by atoms with Crippen molar-refractivity contribution in [2.75, 3.05) is 18.8 Å². The Bertz CT molecular complexity index is 673. The third-order valence-corrected chi connectivity index (χ3v) is 5.13. The zero-order valence-electron chi connectivity index (χ0n) is 13.7. The molecule has 0 aromatic heterocycles. The average molecular weight is 352 g/mol. The SMILES string of the molecule is NS(=O)(=O)CCCC(=O)N1CCC[C@H](C(=O)Cc2ccccc2)C1. The van der Waals surface area contributed by atoms with E-state index in [9.17, 15) is 18.0 Å². The van der Waals surface area contributed by atoms with Gasteiger partial charge in [-0.1, -0.05) is 30.3 Å². The molecule has 6 nitrogen and oxygen atoms in total. The van der Waals surface area contributed by atoms with Crippen LogP contribution in [-0.2, 0) is 26.0 Å². The molecule has 0 saturated carbocycles. The summed E-state index contributed by atoms with van der Waals surface area (Å²) in [4.78, 5) is 26.3. The van der Waals surface area contributed by atoms with Crippen LogP contribution in [-0.4, -0.2) is 43.9 Å². The minimum atomic E-state index is -3.53. The van der Waals surface area contributed by atoms with Gasteiger partial charge in [0, 0.05) is 31.8 Å². The van der Waals surface area contributed by atoms with Gasteiger partial charge < -0.3 is 4.90 Å². The number of carbonyl (C=O) groups is 2. The number of nitrogens with two attached hydrogens (primary N) is 1. The molecular weight excluding hydrogens is 328 g/mol. The summed E-state index contributed by atoms with van der Waals surface area (Å²) < 4.78 is 21.8. The number of Topliss-reactive ketones (excluding diaryl/α,β-unsaturated/α-hetero) is 1. The first-order valence-electron chi connectivity index (χ1n) is 8.20. The molecule has 2 N–H and O–H groups in total. The molecule has 1 aliphatic rings. The lowest BCUT2D eigenvalue weighted by atomic mass is 9.90. The number of primary sulfonamides is 1. The third kappa shape index (κ3) is 6.05. The molecule has 1 aromatic rings. The van der Waals surface area contributed by atoms with E-state index in [1.54, 1.807) is 4.90 Å². The first-order valence-corrected chi connectivity index (χ1v) is 9.91. The number of likely N-dealkylation sites (tertiary alicyclic amines) is 1. The minimum absolute atomic E-state index is 0.101. The van der Waals surface area contributed by atoms with Crippen molar-refractivity contribution in [3.8, 4) is 0 Å². The van der Waals surface area contributed by atoms with E-state index in [-0.39, 0.29) is 36.2 Å². The van der Waals surface area contributed by atoms with Crippen LogP contribution < -0.4 is 5.14 Å². The molecular formula is C17H24N2O4S. The molecule has 0 unspecified atom stereocenters. The van der Waals surface area contributed by atoms with E-state index >= 15 is 0 Å². The van der Waals surface area contributed by atoms with Crippen molar-refractivity contribution in [3.63, 3.8) is 0 Å². The number of hydrogen-bond acceptors (Lipinski definition) is 4. The molecule has 0 radical (unpaired) electrons. The summed E-state index contributed by atoms with van der Waals surface area (Å²) in [6.45, 7) is 1.06. The number of nitrogens with zero attached hydrogens (tertiary/aromatic N) is 1. The normalized spacial score (nSPS) is 18.4. The standard InChI is InChI=1S/C17H24N2O4S/c18-24(22,23)11-5-9-17(21)19-10-4-8-15(13-19)16(20)12-14-6-2-1-3-7-14/h1-3,6-7,15H,4-5,8-13H2,(H2,18,22,23)/t15-/m0/s1. The molecule has 1 atom stereocenters. The van der Waals surface area contributed by atoms with Crippen LogP contribution >= 0.6 is 0 Å². The molecule has 24 heavy (non-hydrogen) atoms. The van der Waals surface area contributed by atoms with Crippen molar-refractivity contribution >= 4 is 21.7 Å². The fourth-order valence-electron chi connectivity index (χ4n) is 2.99. The zero-order chi connectivity index (χ0) is 17.6. The zero-order valence-corrected chi connectivity index (χ0v) is 14.5. The van der Waals surface area contributed by atoms with Crippen molar-refractivity contribution in [1.82, 2.24) is 4.90 Å². The summed E-state index contributed by atoms with van der Waals surface area (Å²) in [6, 6.07) is 9.58. The lowest BCUT2D eigenvalue weighted by Crippen LogP contribution is -2.42. The van der Waals surface area contributed by atoms with Gasteiger partial charge in [-0.25, -0.2) is 13.6 Å². The molecule has 1 saturated heterocycles. The van der Waals surface area contributed by atoms with E-state index in [0.29, 0.717) is 19.5 Å². The van der Waals surface area contributed by atoms with Gasteiger partial charge in [0.2, 0.25) is 15.9 Å². The fourth-order valence-corrected chi connectivity index (χ4v) is 3.54. The van der Waals surface area contributed by atoms with Crippen LogP contribution in [0.5, 0.6) is 0 Å². The van der Waals surface area contributed by atoms with Gasteiger partial charge in [0.05, 0.1) is 5.75 Å². The number of rotatable bonds is 7. The molecule has 1 aromatic carbocycles. The van der Waals surface area contributed by atoms with Crippen LogP contribution in [0.25, 0.3) is 0 Å². The Labute approximate surface area is 143 Å². The molecule has 132 valence electrons. The van der Waals surface area contributed by atoms with Gasteiger partial charge in [-0.2, -0.15) is 0 Å². The van der Waals surface area contributed by atoms with Crippen molar-refractivity contribution in [2.24, 2.45) is 11.1 Å². The van der Waals surface area contributed by atoms with Gasteiger partial charge >= 0.3 is 0 Å². The first-order chi connectivity index (χ1) is 11.3. The predicted molar refractivity (Wildman–Crippen MR) is 91.7 cm³/mol. The predicted octanol–water partition coefficient (Wildman–Crippen LogP) is 1.11. The Kier molecular flexibility index (Phi) is 6.51. The Hall–Kier alpha value is -1.73. The molecule has 1 fully saturated rings. The highest BCUT2D eigenvalue weighted by molar-refractivity contribution is 7.89. The second-order valence-electron chi connectivity index (χ2n) is 6.28. The van der Waals surface area contributed by atoms with E-state index in [1.807, 2.05) is 30.3 Å². The number of benzene rings is 1. The molecule has 0 bridgehead atoms. The van der Waals surface area contributed by atoms with Crippen LogP contribution in [0, 0.1) is 5.92 Å². The lowest BCUT2D eigenvalue weighted by molar-refractivity contribution is -0.135. The topological polar surface area (TPSA) is 97.5 Å². The number of amides is 1. The number of ketones is 1. The summed E-state index contributed by atoms with van der Waals surface area (Å²) in [5, 5.41) is 4.94. The molecule has 1 heterocycles. The van der Waals surface area contributed by atoms with Crippen molar-refractivity contribution in [2.45, 2.75) is 32.1 Å². The fraction of sp³-hybridized carbons (Fsp3) is 0.529. The number of sulfonamides is 1. The van der Waals surface area contributed by atoms with Crippen LogP contribution in [0.4, 0.5) is 0 Å². The summed E-state index contributed by atoms with van der Waals surface area (Å²) in [7, 11) is -3.53. The molecule has 0 spiro atoms. The summed E-state index contributed by atoms with van der Waals surface area (Å²) in [5.41, 5.74) is 0.985. The lowest BCUT2D eigenvalue weighted by Gasteiger charge is -2.32. The molecule has 0 aliphatic carbocycles. The smallest absolute Gasteiger partial charge is 0.222 e. The molecule has 2 rings (SSSR count). The highest BCUT2D eigenvalue weighted by Gasteiger charge is 2.28. The Morgan fingerprint density at radius 1 is 1.21 bits per heavy atom. The van der Waals surface area contributed by atoms with Crippen LogP contribution in [0.2, 0.25) is 0 Å². The maximum absolute atomic E-state index is 12.4. The minimum Gasteiger partial charge on any atom is -0.342 e. The number of piperidine rings is 1. The van der Waals surface area contributed by atoms with Crippen LogP contribution in [0.15, 0.2) is 30.3 Å². The van der Waals surface area contributed by atoms with E-state index < -0.39 is 10.0 Å². The Morgan fingerprint density at radius 3 is 2.58 bits per heavy atom. The second kappa shape index (κ2) is 8.39. The van der Waals surface area contributed by atoms with Gasteiger partial charge in [-0.3, -0.25) is 9.59 Å². The number of carbonyl (C=O) groups excluding carboxylic acids is 2. The monoisotopic (exact) mass is 352 g/mol. The number of hydrogen-bond donors (Lipinski definition) is 1. The van der Waals surface area contributed by atoms with E-state index in [0.717, 1.165) is 18.4 Å². The first kappa shape index (κ1) is 18.6. The van der Waals surface area contributed by atoms with Crippen LogP contribution in [0.1, 0.15) is 31.2 Å². The van der Waals surface area contributed by atoms with Crippen molar-refractivity contribution < 1.29 is 18.0 Å². The second-order valence-corrected chi connectivity index (χ2v) is 8.01. The molecule has 7 heteroatoms. The van der Waals surface area contributed by atoms with Gasteiger partial charge in [0.15, 0.2) is 0 Å². The molecule has 1 aliphatic heterocycles. The summed E-state index contributed by atoms with van der Waals surface area (Å²) >= 11 is 0. The molecule has 1 amide bonds. The van der Waals surface area contributed by atoms with E-state index in [4.69, 9.17) is 5.14 Å².